The number of aromatic nitrogens is 3. The fourth-order valence-electron chi connectivity index (χ4n) is 2.59. The number of benzene rings is 1. The summed E-state index contributed by atoms with van der Waals surface area (Å²) in [7, 11) is 0. The van der Waals surface area contributed by atoms with E-state index in [0.29, 0.717) is 43.5 Å². The van der Waals surface area contributed by atoms with Gasteiger partial charge in [-0.3, -0.25) is 4.79 Å². The molecule has 1 saturated heterocycles. The van der Waals surface area contributed by atoms with Gasteiger partial charge < -0.3 is 15.1 Å². The number of rotatable bonds is 4. The van der Waals surface area contributed by atoms with Gasteiger partial charge in [0, 0.05) is 45.2 Å². The molecule has 1 aromatic carbocycles. The maximum Gasteiger partial charge on any atom is 0.244 e. The summed E-state index contributed by atoms with van der Waals surface area (Å²) in [6, 6.07) is 6.56. The fourth-order valence-corrected chi connectivity index (χ4v) is 2.59. The lowest BCUT2D eigenvalue weighted by Gasteiger charge is -2.34. The van der Waals surface area contributed by atoms with Gasteiger partial charge in [0.25, 0.3) is 0 Å². The molecule has 8 heteroatoms. The van der Waals surface area contributed by atoms with Crippen LogP contribution in [-0.2, 0) is 11.3 Å². The molecule has 24 heavy (non-hydrogen) atoms. The molecule has 0 saturated carbocycles. The Balaban J connectivity index is 1.62. The highest BCUT2D eigenvalue weighted by molar-refractivity contribution is 5.73. The normalized spacial score (nSPS) is 14.6. The zero-order valence-corrected chi connectivity index (χ0v) is 13.4. The van der Waals surface area contributed by atoms with E-state index in [9.17, 15) is 9.18 Å². The van der Waals surface area contributed by atoms with Gasteiger partial charge >= 0.3 is 0 Å². The maximum atomic E-state index is 13.6. The number of carbonyl (C=O) groups is 1. The number of nitrogens with zero attached hydrogens (tertiary/aromatic N) is 5. The monoisotopic (exact) mass is 330 g/mol. The molecule has 2 aromatic rings. The van der Waals surface area contributed by atoms with Gasteiger partial charge in [-0.1, -0.05) is 18.2 Å². The Kier molecular flexibility index (Phi) is 4.83. The van der Waals surface area contributed by atoms with Crippen LogP contribution in [0.4, 0.5) is 16.2 Å². The summed E-state index contributed by atoms with van der Waals surface area (Å²) in [4.78, 5) is 19.7. The van der Waals surface area contributed by atoms with E-state index in [0.717, 1.165) is 0 Å². The Labute approximate surface area is 139 Å². The Morgan fingerprint density at radius 2 is 2.00 bits per heavy atom. The number of piperazine rings is 1. The molecule has 1 N–H and O–H groups in total. The van der Waals surface area contributed by atoms with Crippen molar-refractivity contribution in [3.05, 3.63) is 41.8 Å². The lowest BCUT2D eigenvalue weighted by Crippen LogP contribution is -2.48. The number of carbonyl (C=O) groups excluding carboxylic acids is 1. The van der Waals surface area contributed by atoms with E-state index >= 15 is 0 Å². The van der Waals surface area contributed by atoms with E-state index in [2.05, 4.69) is 25.4 Å². The average Bonchev–Trinajstić information content (AvgIpc) is 2.61. The third kappa shape index (κ3) is 3.76. The van der Waals surface area contributed by atoms with Crippen molar-refractivity contribution in [1.82, 2.24) is 20.1 Å². The molecule has 1 aliphatic heterocycles. The molecule has 0 unspecified atom stereocenters. The SMILES string of the molecule is CC(=O)N1CCN(c2cnnc(NCc3ccccc3F)n2)CC1. The number of hydrogen-bond acceptors (Lipinski definition) is 6. The first-order valence-corrected chi connectivity index (χ1v) is 7.81. The molecule has 1 aliphatic rings. The largest absolute Gasteiger partial charge is 0.352 e. The second-order valence-electron chi connectivity index (χ2n) is 5.58. The summed E-state index contributed by atoms with van der Waals surface area (Å²) in [5.74, 6) is 0.867. The van der Waals surface area contributed by atoms with Crippen LogP contribution in [-0.4, -0.2) is 52.2 Å². The minimum absolute atomic E-state index is 0.0858. The molecular weight excluding hydrogens is 311 g/mol. The van der Waals surface area contributed by atoms with Crippen LogP contribution in [0.3, 0.4) is 0 Å². The first-order chi connectivity index (χ1) is 11.6. The molecule has 1 fully saturated rings. The van der Waals surface area contributed by atoms with Crippen molar-refractivity contribution in [3.63, 3.8) is 0 Å². The molecule has 0 aliphatic carbocycles. The minimum atomic E-state index is -0.269. The Bertz CT molecular complexity index is 717. The van der Waals surface area contributed by atoms with Crippen molar-refractivity contribution in [1.29, 1.82) is 0 Å². The molecule has 0 radical (unpaired) electrons. The second-order valence-corrected chi connectivity index (χ2v) is 5.58. The number of hydrogen-bond donors (Lipinski definition) is 1. The fraction of sp³-hybridized carbons (Fsp3) is 0.375. The van der Waals surface area contributed by atoms with Crippen molar-refractivity contribution < 1.29 is 9.18 Å². The van der Waals surface area contributed by atoms with Gasteiger partial charge in [0.05, 0.1) is 6.20 Å². The van der Waals surface area contributed by atoms with Crippen LogP contribution in [0.1, 0.15) is 12.5 Å². The summed E-state index contributed by atoms with van der Waals surface area (Å²) in [5, 5.41) is 10.9. The lowest BCUT2D eigenvalue weighted by molar-refractivity contribution is -0.129. The smallest absolute Gasteiger partial charge is 0.244 e. The van der Waals surface area contributed by atoms with Crippen molar-refractivity contribution in [2.24, 2.45) is 0 Å². The quantitative estimate of drug-likeness (QED) is 0.911. The highest BCUT2D eigenvalue weighted by Gasteiger charge is 2.20. The van der Waals surface area contributed by atoms with E-state index in [1.165, 1.54) is 6.07 Å². The van der Waals surface area contributed by atoms with Crippen LogP contribution in [0.5, 0.6) is 0 Å². The van der Waals surface area contributed by atoms with E-state index in [4.69, 9.17) is 0 Å². The van der Waals surface area contributed by atoms with Gasteiger partial charge in [-0.05, 0) is 6.07 Å². The summed E-state index contributed by atoms with van der Waals surface area (Å²) in [6.07, 6.45) is 1.59. The molecule has 1 aromatic heterocycles. The number of anilines is 2. The summed E-state index contributed by atoms with van der Waals surface area (Å²) >= 11 is 0. The van der Waals surface area contributed by atoms with Gasteiger partial charge in [0.1, 0.15) is 5.82 Å². The summed E-state index contributed by atoms with van der Waals surface area (Å²) < 4.78 is 13.6. The Hall–Kier alpha value is -2.77. The molecule has 7 nitrogen and oxygen atoms in total. The average molecular weight is 330 g/mol. The van der Waals surface area contributed by atoms with Crippen molar-refractivity contribution in [3.8, 4) is 0 Å². The Morgan fingerprint density at radius 1 is 1.25 bits per heavy atom. The summed E-state index contributed by atoms with van der Waals surface area (Å²) in [5.41, 5.74) is 0.543. The minimum Gasteiger partial charge on any atom is -0.352 e. The molecular formula is C16H19FN6O. The van der Waals surface area contributed by atoms with Crippen molar-refractivity contribution in [2.75, 3.05) is 36.4 Å². The van der Waals surface area contributed by atoms with Crippen LogP contribution in [0, 0.1) is 5.82 Å². The molecule has 0 bridgehead atoms. The van der Waals surface area contributed by atoms with E-state index < -0.39 is 0 Å². The van der Waals surface area contributed by atoms with Crippen molar-refractivity contribution >= 4 is 17.7 Å². The van der Waals surface area contributed by atoms with Crippen LogP contribution in [0.25, 0.3) is 0 Å². The third-order valence-corrected chi connectivity index (χ3v) is 3.99. The van der Waals surface area contributed by atoms with Crippen LogP contribution < -0.4 is 10.2 Å². The standard InChI is InChI=1S/C16H19FN6O/c1-12(24)22-6-8-23(9-7-22)15-11-19-21-16(20-15)18-10-13-4-2-3-5-14(13)17/h2-5,11H,6-10H2,1H3,(H,18,20,21). The van der Waals surface area contributed by atoms with E-state index in [1.54, 1.807) is 31.3 Å². The highest BCUT2D eigenvalue weighted by Crippen LogP contribution is 2.14. The third-order valence-electron chi connectivity index (χ3n) is 3.99. The number of nitrogens with one attached hydrogen (secondary N) is 1. The summed E-state index contributed by atoms with van der Waals surface area (Å²) in [6.45, 7) is 4.59. The van der Waals surface area contributed by atoms with Crippen LogP contribution >= 0.6 is 0 Å². The first kappa shape index (κ1) is 16.1. The number of halogens is 1. The van der Waals surface area contributed by atoms with Crippen LogP contribution in [0.2, 0.25) is 0 Å². The topological polar surface area (TPSA) is 74.2 Å². The molecule has 0 spiro atoms. The zero-order chi connectivity index (χ0) is 16.9. The van der Waals surface area contributed by atoms with Crippen molar-refractivity contribution in [2.45, 2.75) is 13.5 Å². The highest BCUT2D eigenvalue weighted by atomic mass is 19.1. The van der Waals surface area contributed by atoms with Gasteiger partial charge in [-0.25, -0.2) is 4.39 Å². The second kappa shape index (κ2) is 7.20. The molecule has 0 atom stereocenters. The lowest BCUT2D eigenvalue weighted by atomic mass is 10.2. The Morgan fingerprint density at radius 3 is 2.71 bits per heavy atom. The molecule has 1 amide bonds. The van der Waals surface area contributed by atoms with E-state index in [1.807, 2.05) is 4.90 Å². The van der Waals surface area contributed by atoms with Gasteiger partial charge in [0.15, 0.2) is 5.82 Å². The van der Waals surface area contributed by atoms with Gasteiger partial charge in [-0.2, -0.15) is 10.1 Å². The van der Waals surface area contributed by atoms with Gasteiger partial charge in [0.2, 0.25) is 11.9 Å². The predicted octanol–water partition coefficient (Wildman–Crippen LogP) is 1.29. The predicted molar refractivity (Wildman–Crippen MR) is 88.0 cm³/mol. The first-order valence-electron chi connectivity index (χ1n) is 7.81. The van der Waals surface area contributed by atoms with E-state index in [-0.39, 0.29) is 18.3 Å². The van der Waals surface area contributed by atoms with Crippen LogP contribution in [0.15, 0.2) is 30.5 Å². The number of amides is 1. The molecule has 2 heterocycles. The molecule has 3 rings (SSSR count). The maximum absolute atomic E-state index is 13.6. The molecule has 126 valence electrons. The zero-order valence-electron chi connectivity index (χ0n) is 13.4. The van der Waals surface area contributed by atoms with Gasteiger partial charge in [-0.15, -0.1) is 5.10 Å².